The molecule has 1 atom stereocenters. The van der Waals surface area contributed by atoms with Crippen molar-refractivity contribution in [3.63, 3.8) is 0 Å². The van der Waals surface area contributed by atoms with E-state index in [4.69, 9.17) is 5.73 Å². The molecule has 0 saturated heterocycles. The highest BCUT2D eigenvalue weighted by Crippen LogP contribution is 2.32. The maximum Gasteiger partial charge on any atom is 0.0399 e. The monoisotopic (exact) mass is 260 g/mol. The van der Waals surface area contributed by atoms with Gasteiger partial charge in [-0.2, -0.15) is 0 Å². The number of rotatable bonds is 8. The molecule has 2 nitrogen and oxygen atoms in total. The number of para-hydroxylation sites is 1. The third kappa shape index (κ3) is 4.24. The highest BCUT2D eigenvalue weighted by Gasteiger charge is 2.25. The molecule has 2 heteroatoms. The average molecular weight is 260 g/mol. The van der Waals surface area contributed by atoms with Gasteiger partial charge in [-0.25, -0.2) is 0 Å². The van der Waals surface area contributed by atoms with Gasteiger partial charge in [-0.3, -0.25) is 0 Å². The Morgan fingerprint density at radius 3 is 2.63 bits per heavy atom. The predicted molar refractivity (Wildman–Crippen MR) is 83.6 cm³/mol. The molecule has 1 unspecified atom stereocenters. The molecule has 106 valence electrons. The SMILES string of the molecule is CCCN(CC1CC1)c1ccccc1CC(N)CC. The van der Waals surface area contributed by atoms with Crippen LogP contribution in [0.1, 0.15) is 45.1 Å². The first-order chi connectivity index (χ1) is 9.24. The van der Waals surface area contributed by atoms with Gasteiger partial charge in [0.1, 0.15) is 0 Å². The zero-order valence-corrected chi connectivity index (χ0v) is 12.4. The van der Waals surface area contributed by atoms with Crippen molar-refractivity contribution in [2.24, 2.45) is 11.7 Å². The van der Waals surface area contributed by atoms with E-state index in [0.717, 1.165) is 25.3 Å². The molecule has 1 aromatic carbocycles. The summed E-state index contributed by atoms with van der Waals surface area (Å²) in [5, 5.41) is 0. The summed E-state index contributed by atoms with van der Waals surface area (Å²) in [6, 6.07) is 9.11. The van der Waals surface area contributed by atoms with E-state index in [-0.39, 0.29) is 6.04 Å². The fourth-order valence-electron chi connectivity index (χ4n) is 2.61. The summed E-state index contributed by atoms with van der Waals surface area (Å²) in [5.74, 6) is 0.930. The Labute approximate surface area is 118 Å². The van der Waals surface area contributed by atoms with Gasteiger partial charge in [0, 0.05) is 24.8 Å². The summed E-state index contributed by atoms with van der Waals surface area (Å²) in [6.07, 6.45) is 6.08. The van der Waals surface area contributed by atoms with E-state index in [1.807, 2.05) is 0 Å². The molecule has 1 aliphatic rings. The lowest BCUT2D eigenvalue weighted by Crippen LogP contribution is -2.29. The maximum atomic E-state index is 6.14. The molecule has 19 heavy (non-hydrogen) atoms. The van der Waals surface area contributed by atoms with Crippen molar-refractivity contribution in [2.75, 3.05) is 18.0 Å². The fraction of sp³-hybridized carbons (Fsp3) is 0.647. The molecule has 0 heterocycles. The van der Waals surface area contributed by atoms with E-state index in [9.17, 15) is 0 Å². The first kappa shape index (κ1) is 14.4. The molecule has 1 fully saturated rings. The van der Waals surface area contributed by atoms with E-state index >= 15 is 0 Å². The summed E-state index contributed by atoms with van der Waals surface area (Å²) in [4.78, 5) is 2.58. The third-order valence-corrected chi connectivity index (χ3v) is 4.01. The number of anilines is 1. The van der Waals surface area contributed by atoms with Crippen LogP contribution in [0.2, 0.25) is 0 Å². The molecule has 1 aliphatic carbocycles. The lowest BCUT2D eigenvalue weighted by molar-refractivity contribution is 0.640. The summed E-state index contributed by atoms with van der Waals surface area (Å²) in [6.45, 7) is 6.82. The Hall–Kier alpha value is -1.02. The second-order valence-electron chi connectivity index (χ2n) is 5.89. The number of nitrogens with two attached hydrogens (primary N) is 1. The smallest absolute Gasteiger partial charge is 0.0399 e. The van der Waals surface area contributed by atoms with Crippen molar-refractivity contribution in [3.8, 4) is 0 Å². The minimum atomic E-state index is 0.283. The molecule has 2 N–H and O–H groups in total. The van der Waals surface area contributed by atoms with Crippen LogP contribution in [0.25, 0.3) is 0 Å². The van der Waals surface area contributed by atoms with Crippen LogP contribution in [-0.2, 0) is 6.42 Å². The molecule has 0 aliphatic heterocycles. The standard InChI is InChI=1S/C17H28N2/c1-3-11-19(13-14-9-10-14)17-8-6-5-7-15(17)12-16(18)4-2/h5-8,14,16H,3-4,9-13,18H2,1-2H3. The van der Waals surface area contributed by atoms with Crippen LogP contribution in [0.4, 0.5) is 5.69 Å². The van der Waals surface area contributed by atoms with E-state index < -0.39 is 0 Å². The second kappa shape index (κ2) is 6.95. The summed E-state index contributed by atoms with van der Waals surface area (Å²) >= 11 is 0. The molecule has 0 aromatic heterocycles. The van der Waals surface area contributed by atoms with Gasteiger partial charge in [0.2, 0.25) is 0 Å². The molecule has 0 bridgehead atoms. The number of hydrogen-bond acceptors (Lipinski definition) is 2. The number of nitrogens with zero attached hydrogens (tertiary/aromatic N) is 1. The van der Waals surface area contributed by atoms with E-state index in [2.05, 4.69) is 43.0 Å². The van der Waals surface area contributed by atoms with Gasteiger partial charge in [-0.15, -0.1) is 0 Å². The van der Waals surface area contributed by atoms with E-state index in [1.54, 1.807) is 0 Å². The Bertz CT molecular complexity index is 385. The molecule has 2 rings (SSSR count). The van der Waals surface area contributed by atoms with Crippen LogP contribution in [-0.4, -0.2) is 19.1 Å². The van der Waals surface area contributed by atoms with Crippen molar-refractivity contribution in [1.82, 2.24) is 0 Å². The minimum absolute atomic E-state index is 0.283. The lowest BCUT2D eigenvalue weighted by atomic mass is 10.0. The van der Waals surface area contributed by atoms with Gasteiger partial charge in [0.15, 0.2) is 0 Å². The van der Waals surface area contributed by atoms with Crippen LogP contribution < -0.4 is 10.6 Å². The van der Waals surface area contributed by atoms with Gasteiger partial charge in [0.05, 0.1) is 0 Å². The summed E-state index contributed by atoms with van der Waals surface area (Å²) in [7, 11) is 0. The van der Waals surface area contributed by atoms with Gasteiger partial charge in [-0.05, 0) is 49.7 Å². The Morgan fingerprint density at radius 2 is 2.00 bits per heavy atom. The lowest BCUT2D eigenvalue weighted by Gasteiger charge is -2.27. The molecule has 0 spiro atoms. The number of hydrogen-bond donors (Lipinski definition) is 1. The van der Waals surface area contributed by atoms with Gasteiger partial charge in [-0.1, -0.05) is 32.0 Å². The first-order valence-electron chi connectivity index (χ1n) is 7.83. The topological polar surface area (TPSA) is 29.3 Å². The molecule has 1 saturated carbocycles. The normalized spacial score (nSPS) is 16.4. The quantitative estimate of drug-likeness (QED) is 0.774. The minimum Gasteiger partial charge on any atom is -0.371 e. The third-order valence-electron chi connectivity index (χ3n) is 4.01. The van der Waals surface area contributed by atoms with Crippen molar-refractivity contribution in [2.45, 2.75) is 52.0 Å². The van der Waals surface area contributed by atoms with E-state index in [1.165, 1.54) is 37.1 Å². The van der Waals surface area contributed by atoms with Gasteiger partial charge in [0.25, 0.3) is 0 Å². The van der Waals surface area contributed by atoms with Crippen LogP contribution in [0.15, 0.2) is 24.3 Å². The first-order valence-corrected chi connectivity index (χ1v) is 7.83. The highest BCUT2D eigenvalue weighted by atomic mass is 15.1. The predicted octanol–water partition coefficient (Wildman–Crippen LogP) is 3.59. The summed E-state index contributed by atoms with van der Waals surface area (Å²) in [5.41, 5.74) is 8.98. The zero-order valence-electron chi connectivity index (χ0n) is 12.4. The fourth-order valence-corrected chi connectivity index (χ4v) is 2.61. The Balaban J connectivity index is 2.14. The average Bonchev–Trinajstić information content (AvgIpc) is 3.23. The second-order valence-corrected chi connectivity index (χ2v) is 5.89. The van der Waals surface area contributed by atoms with Crippen LogP contribution >= 0.6 is 0 Å². The largest absolute Gasteiger partial charge is 0.371 e. The maximum absolute atomic E-state index is 6.14. The Morgan fingerprint density at radius 1 is 1.26 bits per heavy atom. The van der Waals surface area contributed by atoms with Crippen LogP contribution in [0.3, 0.4) is 0 Å². The van der Waals surface area contributed by atoms with Crippen molar-refractivity contribution >= 4 is 5.69 Å². The summed E-state index contributed by atoms with van der Waals surface area (Å²) < 4.78 is 0. The van der Waals surface area contributed by atoms with Gasteiger partial charge < -0.3 is 10.6 Å². The van der Waals surface area contributed by atoms with Crippen LogP contribution in [0, 0.1) is 5.92 Å². The van der Waals surface area contributed by atoms with E-state index in [0.29, 0.717) is 0 Å². The van der Waals surface area contributed by atoms with Crippen molar-refractivity contribution in [3.05, 3.63) is 29.8 Å². The number of benzene rings is 1. The molecule has 0 amide bonds. The molecule has 0 radical (unpaired) electrons. The van der Waals surface area contributed by atoms with Crippen molar-refractivity contribution < 1.29 is 0 Å². The molecule has 1 aromatic rings. The molecular formula is C17H28N2. The van der Waals surface area contributed by atoms with Gasteiger partial charge >= 0.3 is 0 Å². The zero-order chi connectivity index (χ0) is 13.7. The Kier molecular flexibility index (Phi) is 5.26. The van der Waals surface area contributed by atoms with Crippen LogP contribution in [0.5, 0.6) is 0 Å². The molecular weight excluding hydrogens is 232 g/mol. The van der Waals surface area contributed by atoms with Crippen molar-refractivity contribution in [1.29, 1.82) is 0 Å². The highest BCUT2D eigenvalue weighted by molar-refractivity contribution is 5.54.